The van der Waals surface area contributed by atoms with Crippen LogP contribution in [0.5, 0.6) is 5.75 Å². The summed E-state index contributed by atoms with van der Waals surface area (Å²) in [5, 5.41) is 3.30. The van der Waals surface area contributed by atoms with Gasteiger partial charge in [-0.1, -0.05) is 0 Å². The molecule has 176 valence electrons. The number of anilines is 2. The maximum absolute atomic E-state index is 12.9. The number of hydrogen-bond donors (Lipinski definition) is 1. The summed E-state index contributed by atoms with van der Waals surface area (Å²) in [5.74, 6) is 0.628. The van der Waals surface area contributed by atoms with Gasteiger partial charge in [0.05, 0.1) is 30.3 Å². The van der Waals surface area contributed by atoms with E-state index in [-0.39, 0.29) is 24.3 Å². The fraction of sp³-hybridized carbons (Fsp3) is 0.435. The molecule has 1 N–H and O–H groups in total. The number of halogens is 3. The minimum atomic E-state index is -4.41. The molecule has 0 saturated carbocycles. The van der Waals surface area contributed by atoms with Crippen LogP contribution in [0.2, 0.25) is 0 Å². The van der Waals surface area contributed by atoms with Crippen LogP contribution in [0.25, 0.3) is 0 Å². The van der Waals surface area contributed by atoms with Gasteiger partial charge in [-0.3, -0.25) is 9.59 Å². The molecule has 7 nitrogen and oxygen atoms in total. The Labute approximate surface area is 189 Å². The van der Waals surface area contributed by atoms with Crippen molar-refractivity contribution in [3.63, 3.8) is 0 Å². The molecule has 2 aliphatic heterocycles. The summed E-state index contributed by atoms with van der Waals surface area (Å²) >= 11 is 0. The van der Waals surface area contributed by atoms with Gasteiger partial charge in [-0.2, -0.15) is 13.2 Å². The zero-order valence-corrected chi connectivity index (χ0v) is 18.1. The van der Waals surface area contributed by atoms with Crippen molar-refractivity contribution >= 4 is 23.3 Å². The molecule has 4 rings (SSSR count). The Balaban J connectivity index is 1.32. The number of amides is 2. The lowest BCUT2D eigenvalue weighted by atomic mass is 10.0. The topological polar surface area (TPSA) is 74.8 Å². The number of rotatable bonds is 6. The lowest BCUT2D eigenvalue weighted by molar-refractivity contribution is -0.137. The van der Waals surface area contributed by atoms with Gasteiger partial charge in [0, 0.05) is 25.3 Å². The maximum Gasteiger partial charge on any atom is 0.417 e. The van der Waals surface area contributed by atoms with Crippen molar-refractivity contribution in [1.29, 1.82) is 0 Å². The molecule has 1 unspecified atom stereocenters. The smallest absolute Gasteiger partial charge is 0.417 e. The zero-order chi connectivity index (χ0) is 23.6. The van der Waals surface area contributed by atoms with E-state index in [4.69, 9.17) is 4.74 Å². The van der Waals surface area contributed by atoms with Crippen LogP contribution in [0.4, 0.5) is 24.7 Å². The van der Waals surface area contributed by atoms with E-state index < -0.39 is 17.8 Å². The Morgan fingerprint density at radius 1 is 1.09 bits per heavy atom. The van der Waals surface area contributed by atoms with Crippen LogP contribution in [0.1, 0.15) is 31.7 Å². The number of imide groups is 1. The standard InChI is InChI=1S/C23H25F3N4O3/c1-2-33-18-6-4-17(5-7-18)30-21(31)13-19(22(30)32)28-16-9-11-29(12-10-16)20-8-3-15(14-27-20)23(24,25)26/h3-8,14,16,19,28H,2,9-13H2,1H3. The summed E-state index contributed by atoms with van der Waals surface area (Å²) in [6.07, 6.45) is -2.11. The van der Waals surface area contributed by atoms with Crippen LogP contribution >= 0.6 is 0 Å². The third kappa shape index (κ3) is 5.11. The van der Waals surface area contributed by atoms with Gasteiger partial charge in [-0.15, -0.1) is 0 Å². The normalized spacial score (nSPS) is 19.9. The fourth-order valence-corrected chi connectivity index (χ4v) is 4.19. The number of carbonyl (C=O) groups excluding carboxylic acids is 2. The third-order valence-corrected chi connectivity index (χ3v) is 5.88. The zero-order valence-electron chi connectivity index (χ0n) is 18.1. The van der Waals surface area contributed by atoms with Crippen LogP contribution in [0.15, 0.2) is 42.6 Å². The van der Waals surface area contributed by atoms with E-state index in [1.807, 2.05) is 11.8 Å². The molecule has 1 aromatic carbocycles. The molecule has 2 aromatic rings. The molecule has 0 bridgehead atoms. The SMILES string of the molecule is CCOc1ccc(N2C(=O)CC(NC3CCN(c4ccc(C(F)(F)F)cn4)CC3)C2=O)cc1. The summed E-state index contributed by atoms with van der Waals surface area (Å²) in [6, 6.07) is 8.69. The number of carbonyl (C=O) groups is 2. The van der Waals surface area contributed by atoms with Crippen LogP contribution in [0.3, 0.4) is 0 Å². The van der Waals surface area contributed by atoms with Gasteiger partial charge in [-0.25, -0.2) is 9.88 Å². The lowest BCUT2D eigenvalue weighted by Gasteiger charge is -2.34. The molecule has 2 amide bonds. The van der Waals surface area contributed by atoms with Crippen LogP contribution < -0.4 is 19.9 Å². The summed E-state index contributed by atoms with van der Waals surface area (Å²) < 4.78 is 43.6. The van der Waals surface area contributed by atoms with E-state index in [1.54, 1.807) is 24.3 Å². The molecule has 0 spiro atoms. The van der Waals surface area contributed by atoms with Gasteiger partial charge in [0.25, 0.3) is 5.91 Å². The van der Waals surface area contributed by atoms with Gasteiger partial charge in [0.15, 0.2) is 0 Å². The highest BCUT2D eigenvalue weighted by Crippen LogP contribution is 2.30. The Kier molecular flexibility index (Phi) is 6.55. The highest BCUT2D eigenvalue weighted by Gasteiger charge is 2.40. The molecule has 10 heteroatoms. The predicted octanol–water partition coefficient (Wildman–Crippen LogP) is 3.39. The minimum absolute atomic E-state index is 0.0257. The van der Waals surface area contributed by atoms with Crippen molar-refractivity contribution in [2.24, 2.45) is 0 Å². The highest BCUT2D eigenvalue weighted by molar-refractivity contribution is 6.22. The number of piperidine rings is 1. The number of nitrogens with zero attached hydrogens (tertiary/aromatic N) is 3. The first-order chi connectivity index (χ1) is 15.8. The number of benzene rings is 1. The second-order valence-electron chi connectivity index (χ2n) is 8.08. The molecule has 3 heterocycles. The Bertz CT molecular complexity index is 988. The molecule has 2 fully saturated rings. The van der Waals surface area contributed by atoms with Gasteiger partial charge in [0.2, 0.25) is 5.91 Å². The maximum atomic E-state index is 12.9. The molecule has 1 atom stereocenters. The molecular formula is C23H25F3N4O3. The number of nitrogens with one attached hydrogen (secondary N) is 1. The van der Waals surface area contributed by atoms with Crippen LogP contribution in [-0.2, 0) is 15.8 Å². The first-order valence-electron chi connectivity index (χ1n) is 10.9. The summed E-state index contributed by atoms with van der Waals surface area (Å²) in [6.45, 7) is 3.59. The number of pyridine rings is 1. The minimum Gasteiger partial charge on any atom is -0.494 e. The monoisotopic (exact) mass is 462 g/mol. The van der Waals surface area contributed by atoms with Crippen molar-refractivity contribution in [3.05, 3.63) is 48.2 Å². The fourth-order valence-electron chi connectivity index (χ4n) is 4.19. The summed E-state index contributed by atoms with van der Waals surface area (Å²) in [7, 11) is 0. The number of hydrogen-bond acceptors (Lipinski definition) is 6. The first-order valence-corrected chi connectivity index (χ1v) is 10.9. The van der Waals surface area contributed by atoms with Crippen LogP contribution in [0, 0.1) is 0 Å². The molecule has 33 heavy (non-hydrogen) atoms. The van der Waals surface area contributed by atoms with Gasteiger partial charge < -0.3 is 15.0 Å². The van der Waals surface area contributed by atoms with Crippen molar-refractivity contribution in [3.8, 4) is 5.75 Å². The van der Waals surface area contributed by atoms with E-state index in [0.717, 1.165) is 12.3 Å². The predicted molar refractivity (Wildman–Crippen MR) is 116 cm³/mol. The van der Waals surface area contributed by atoms with Gasteiger partial charge in [0.1, 0.15) is 11.6 Å². The van der Waals surface area contributed by atoms with E-state index in [9.17, 15) is 22.8 Å². The number of aromatic nitrogens is 1. The van der Waals surface area contributed by atoms with E-state index in [1.165, 1.54) is 11.0 Å². The number of alkyl halides is 3. The Morgan fingerprint density at radius 3 is 2.36 bits per heavy atom. The van der Waals surface area contributed by atoms with E-state index in [2.05, 4.69) is 10.3 Å². The summed E-state index contributed by atoms with van der Waals surface area (Å²) in [4.78, 5) is 32.5. The second kappa shape index (κ2) is 9.38. The largest absolute Gasteiger partial charge is 0.494 e. The lowest BCUT2D eigenvalue weighted by Crippen LogP contribution is -2.49. The molecule has 0 aliphatic carbocycles. The first kappa shape index (κ1) is 23.0. The molecule has 2 saturated heterocycles. The van der Waals surface area contributed by atoms with Crippen molar-refractivity contribution in [2.75, 3.05) is 29.5 Å². The van der Waals surface area contributed by atoms with E-state index >= 15 is 0 Å². The molecular weight excluding hydrogens is 437 g/mol. The Morgan fingerprint density at radius 2 is 1.79 bits per heavy atom. The van der Waals surface area contributed by atoms with Crippen LogP contribution in [-0.4, -0.2) is 48.6 Å². The van der Waals surface area contributed by atoms with Crippen molar-refractivity contribution < 1.29 is 27.5 Å². The molecule has 1 aromatic heterocycles. The third-order valence-electron chi connectivity index (χ3n) is 5.88. The second-order valence-corrected chi connectivity index (χ2v) is 8.08. The quantitative estimate of drug-likeness (QED) is 0.664. The molecule has 0 radical (unpaired) electrons. The average Bonchev–Trinajstić information content (AvgIpc) is 3.07. The van der Waals surface area contributed by atoms with Crippen molar-refractivity contribution in [2.45, 2.75) is 44.4 Å². The Hall–Kier alpha value is -3.14. The number of ether oxygens (including phenoxy) is 1. The highest BCUT2D eigenvalue weighted by atomic mass is 19.4. The summed E-state index contributed by atoms with van der Waals surface area (Å²) in [5.41, 5.74) is -0.259. The van der Waals surface area contributed by atoms with Gasteiger partial charge in [-0.05, 0) is 56.2 Å². The van der Waals surface area contributed by atoms with E-state index in [0.29, 0.717) is 49.8 Å². The van der Waals surface area contributed by atoms with Crippen molar-refractivity contribution in [1.82, 2.24) is 10.3 Å². The molecule has 2 aliphatic rings. The van der Waals surface area contributed by atoms with Gasteiger partial charge >= 0.3 is 6.18 Å². The average molecular weight is 462 g/mol.